The monoisotopic (exact) mass is 422 g/mol. The second-order valence-corrected chi connectivity index (χ2v) is 8.50. The number of imidazole rings is 1. The van der Waals surface area contributed by atoms with Crippen LogP contribution in [0.5, 0.6) is 0 Å². The fraction of sp³-hybridized carbons (Fsp3) is 0.267. The number of benzene rings is 1. The number of anilines is 1. The first-order chi connectivity index (χ1) is 12.1. The normalized spacial score (nSPS) is 16.4. The van der Waals surface area contributed by atoms with Crippen molar-refractivity contribution >= 4 is 42.9 Å². The second kappa shape index (κ2) is 6.36. The molecule has 1 saturated heterocycles. The first-order valence-electron chi connectivity index (χ1n) is 7.70. The third kappa shape index (κ3) is 3.00. The lowest BCUT2D eigenvalue weighted by atomic mass is 10.3. The lowest BCUT2D eigenvalue weighted by molar-refractivity contribution is 0.384. The summed E-state index contributed by atoms with van der Waals surface area (Å²) in [6.07, 6.45) is 3.06. The van der Waals surface area contributed by atoms with Crippen molar-refractivity contribution in [1.82, 2.24) is 24.2 Å². The Kier molecular flexibility index (Phi) is 4.18. The van der Waals surface area contributed by atoms with E-state index in [0.717, 1.165) is 15.8 Å². The van der Waals surface area contributed by atoms with Crippen molar-refractivity contribution in [3.05, 3.63) is 41.4 Å². The number of sulfonamides is 1. The van der Waals surface area contributed by atoms with Crippen LogP contribution in [0.15, 0.2) is 46.3 Å². The molecule has 0 amide bonds. The number of rotatable bonds is 3. The fourth-order valence-electron chi connectivity index (χ4n) is 2.89. The number of aromatic nitrogens is 4. The van der Waals surface area contributed by atoms with Gasteiger partial charge in [0, 0.05) is 30.7 Å². The van der Waals surface area contributed by atoms with E-state index in [2.05, 4.69) is 40.8 Å². The Bertz CT molecular complexity index is 996. The lowest BCUT2D eigenvalue weighted by Gasteiger charge is -2.34. The molecule has 0 saturated carbocycles. The zero-order valence-corrected chi connectivity index (χ0v) is 15.5. The number of hydrogen-bond acceptors (Lipinski definition) is 6. The van der Waals surface area contributed by atoms with Gasteiger partial charge in [-0.1, -0.05) is 15.9 Å². The van der Waals surface area contributed by atoms with E-state index in [1.54, 1.807) is 30.6 Å². The third-order valence-corrected chi connectivity index (χ3v) is 6.63. The van der Waals surface area contributed by atoms with Crippen molar-refractivity contribution in [2.45, 2.75) is 4.90 Å². The first kappa shape index (κ1) is 16.4. The number of fused-ring (bicyclic) bond motifs is 1. The molecule has 0 unspecified atom stereocenters. The lowest BCUT2D eigenvalue weighted by Crippen LogP contribution is -2.49. The largest absolute Gasteiger partial charge is 0.352 e. The van der Waals surface area contributed by atoms with Crippen LogP contribution in [0.4, 0.5) is 5.82 Å². The summed E-state index contributed by atoms with van der Waals surface area (Å²) in [5.74, 6) is 0.753. The Labute approximate surface area is 153 Å². The molecule has 4 rings (SSSR count). The van der Waals surface area contributed by atoms with Gasteiger partial charge in [-0.25, -0.2) is 23.4 Å². The molecule has 10 heteroatoms. The van der Waals surface area contributed by atoms with Gasteiger partial charge in [0.15, 0.2) is 11.5 Å². The second-order valence-electron chi connectivity index (χ2n) is 5.64. The summed E-state index contributed by atoms with van der Waals surface area (Å²) in [5, 5.41) is 0. The van der Waals surface area contributed by atoms with Crippen LogP contribution in [0.25, 0.3) is 11.2 Å². The molecule has 8 nitrogen and oxygen atoms in total. The van der Waals surface area contributed by atoms with E-state index in [1.807, 2.05) is 0 Å². The average molecular weight is 423 g/mol. The smallest absolute Gasteiger partial charge is 0.243 e. The molecule has 130 valence electrons. The Morgan fingerprint density at radius 1 is 1.00 bits per heavy atom. The van der Waals surface area contributed by atoms with Crippen molar-refractivity contribution in [2.24, 2.45) is 0 Å². The van der Waals surface area contributed by atoms with E-state index in [1.165, 1.54) is 10.6 Å². The van der Waals surface area contributed by atoms with Gasteiger partial charge in [-0.2, -0.15) is 4.31 Å². The molecule has 1 aliphatic heterocycles. The minimum atomic E-state index is -3.48. The molecule has 3 aromatic rings. The highest BCUT2D eigenvalue weighted by atomic mass is 79.9. The highest BCUT2D eigenvalue weighted by molar-refractivity contribution is 9.10. The molecule has 0 aliphatic carbocycles. The molecular formula is C15H15BrN6O2S. The molecule has 1 aromatic carbocycles. The maximum Gasteiger partial charge on any atom is 0.243 e. The number of nitrogens with zero attached hydrogens (tertiary/aromatic N) is 5. The van der Waals surface area contributed by atoms with Crippen LogP contribution < -0.4 is 4.90 Å². The van der Waals surface area contributed by atoms with Gasteiger partial charge < -0.3 is 9.88 Å². The number of aromatic amines is 1. The number of halogens is 1. The summed E-state index contributed by atoms with van der Waals surface area (Å²) in [6.45, 7) is 1.91. The molecule has 1 fully saturated rings. The summed E-state index contributed by atoms with van der Waals surface area (Å²) in [5.41, 5.74) is 1.38. The molecule has 0 spiro atoms. The van der Waals surface area contributed by atoms with Gasteiger partial charge in [0.2, 0.25) is 10.0 Å². The summed E-state index contributed by atoms with van der Waals surface area (Å²) >= 11 is 3.32. The maximum atomic E-state index is 12.8. The van der Waals surface area contributed by atoms with Gasteiger partial charge >= 0.3 is 0 Å². The van der Waals surface area contributed by atoms with Gasteiger partial charge in [-0.05, 0) is 24.3 Å². The minimum Gasteiger partial charge on any atom is -0.352 e. The summed E-state index contributed by atoms with van der Waals surface area (Å²) in [6, 6.07) is 6.70. The van der Waals surface area contributed by atoms with Crippen LogP contribution in [-0.2, 0) is 10.0 Å². The zero-order chi connectivity index (χ0) is 17.4. The quantitative estimate of drug-likeness (QED) is 0.688. The van der Waals surface area contributed by atoms with Crippen molar-refractivity contribution in [3.63, 3.8) is 0 Å². The topological polar surface area (TPSA) is 95.1 Å². The van der Waals surface area contributed by atoms with Crippen molar-refractivity contribution in [2.75, 3.05) is 31.1 Å². The summed E-state index contributed by atoms with van der Waals surface area (Å²) in [4.78, 5) is 18.0. The molecule has 1 aliphatic rings. The molecule has 1 N–H and O–H groups in total. The molecule has 3 heterocycles. The van der Waals surface area contributed by atoms with E-state index < -0.39 is 10.0 Å². The number of hydrogen-bond donors (Lipinski definition) is 1. The van der Waals surface area contributed by atoms with Gasteiger partial charge in [0.05, 0.1) is 11.2 Å². The Morgan fingerprint density at radius 2 is 1.72 bits per heavy atom. The predicted molar refractivity (Wildman–Crippen MR) is 96.8 cm³/mol. The summed E-state index contributed by atoms with van der Waals surface area (Å²) < 4.78 is 27.9. The molecular weight excluding hydrogens is 408 g/mol. The number of H-pyrrole nitrogens is 1. The molecule has 25 heavy (non-hydrogen) atoms. The fourth-order valence-corrected chi connectivity index (χ4v) is 4.57. The van der Waals surface area contributed by atoms with E-state index in [0.29, 0.717) is 36.7 Å². The average Bonchev–Trinajstić information content (AvgIpc) is 3.11. The van der Waals surface area contributed by atoms with Crippen LogP contribution in [0.2, 0.25) is 0 Å². The first-order valence-corrected chi connectivity index (χ1v) is 9.94. The highest BCUT2D eigenvalue weighted by Gasteiger charge is 2.29. The van der Waals surface area contributed by atoms with E-state index >= 15 is 0 Å². The molecule has 0 atom stereocenters. The zero-order valence-electron chi connectivity index (χ0n) is 13.1. The van der Waals surface area contributed by atoms with Crippen molar-refractivity contribution in [1.29, 1.82) is 0 Å². The minimum absolute atomic E-state index is 0.308. The van der Waals surface area contributed by atoms with Crippen LogP contribution in [0.1, 0.15) is 0 Å². The van der Waals surface area contributed by atoms with Gasteiger partial charge in [0.25, 0.3) is 0 Å². The molecule has 0 radical (unpaired) electrons. The molecule has 0 bridgehead atoms. The van der Waals surface area contributed by atoms with Crippen molar-refractivity contribution in [3.8, 4) is 0 Å². The predicted octanol–water partition coefficient (Wildman–Crippen LogP) is 1.63. The van der Waals surface area contributed by atoms with Crippen molar-refractivity contribution < 1.29 is 8.42 Å². The number of nitrogens with one attached hydrogen (secondary N) is 1. The SMILES string of the molecule is O=S(=O)(c1ccc(Br)cc1)N1CCN(c2ncnc3nc[nH]c23)CC1. The Morgan fingerprint density at radius 3 is 2.44 bits per heavy atom. The van der Waals surface area contributed by atoms with Crippen LogP contribution >= 0.6 is 15.9 Å². The van der Waals surface area contributed by atoms with Crippen LogP contribution in [0.3, 0.4) is 0 Å². The van der Waals surface area contributed by atoms with Gasteiger partial charge in [-0.3, -0.25) is 0 Å². The van der Waals surface area contributed by atoms with E-state index in [4.69, 9.17) is 0 Å². The van der Waals surface area contributed by atoms with E-state index in [-0.39, 0.29) is 0 Å². The van der Waals surface area contributed by atoms with Gasteiger partial charge in [0.1, 0.15) is 11.8 Å². The maximum absolute atomic E-state index is 12.8. The summed E-state index contributed by atoms with van der Waals surface area (Å²) in [7, 11) is -3.48. The van der Waals surface area contributed by atoms with Crippen LogP contribution in [0, 0.1) is 0 Å². The van der Waals surface area contributed by atoms with Gasteiger partial charge in [-0.15, -0.1) is 0 Å². The van der Waals surface area contributed by atoms with Crippen LogP contribution in [-0.4, -0.2) is 58.8 Å². The third-order valence-electron chi connectivity index (χ3n) is 4.19. The Balaban J connectivity index is 1.53. The molecule has 2 aromatic heterocycles. The Hall–Kier alpha value is -2.04. The van der Waals surface area contributed by atoms with E-state index in [9.17, 15) is 8.42 Å². The highest BCUT2D eigenvalue weighted by Crippen LogP contribution is 2.24. The number of piperazine rings is 1. The standard InChI is InChI=1S/C15H15BrN6O2S/c16-11-1-3-12(4-2-11)25(23,24)22-7-5-21(6-8-22)15-13-14(18-9-17-13)19-10-20-15/h1-4,9-10H,5-8H2,(H,17,18,19,20).